The van der Waals surface area contributed by atoms with E-state index < -0.39 is 54.5 Å². The molecule has 4 atom stereocenters. The van der Waals surface area contributed by atoms with Crippen molar-refractivity contribution in [1.29, 1.82) is 0 Å². The molecule has 0 fully saturated rings. The van der Waals surface area contributed by atoms with Gasteiger partial charge in [-0.1, -0.05) is 19.9 Å². The molecule has 3 N–H and O–H groups in total. The first-order valence-electron chi connectivity index (χ1n) is 12.0. The van der Waals surface area contributed by atoms with Crippen molar-refractivity contribution in [2.45, 2.75) is 85.2 Å². The Hall–Kier alpha value is -3.54. The standard InChI is InChI=1S/C25H37NO11/c1-8-16(7)35-23(29)32-12-15(6)20(21(26)22(27)28)17-9-10-18(36-24(30)33-13(2)3)19(11-17)37-25(31)34-14(4)5/h9-11,13-16,20-21H,8,12,26H2,1-7H3,(H,27,28)/t15?,16?,20?,21-/m0/s1. The van der Waals surface area contributed by atoms with Crippen LogP contribution < -0.4 is 15.2 Å². The average Bonchev–Trinajstić information content (AvgIpc) is 2.78. The molecule has 0 saturated carbocycles. The van der Waals surface area contributed by atoms with Gasteiger partial charge in [0.2, 0.25) is 0 Å². The number of rotatable bonds is 12. The van der Waals surface area contributed by atoms with Gasteiger partial charge in [0.1, 0.15) is 12.1 Å². The zero-order chi connectivity index (χ0) is 28.3. The van der Waals surface area contributed by atoms with E-state index in [1.54, 1.807) is 41.5 Å². The van der Waals surface area contributed by atoms with Crippen LogP contribution in [0.15, 0.2) is 18.2 Å². The SMILES string of the molecule is CCC(C)OC(=O)OCC(C)C(c1ccc(OC(=O)OC(C)C)c(OC(=O)OC(C)C)c1)[C@H](N)C(=O)O. The summed E-state index contributed by atoms with van der Waals surface area (Å²) in [6, 6.07) is 2.65. The molecule has 0 aliphatic heterocycles. The van der Waals surface area contributed by atoms with Gasteiger partial charge in [0.05, 0.1) is 18.8 Å². The molecule has 0 saturated heterocycles. The number of carboxylic acids is 1. The van der Waals surface area contributed by atoms with E-state index in [1.807, 2.05) is 6.92 Å². The zero-order valence-corrected chi connectivity index (χ0v) is 22.2. The predicted molar refractivity (Wildman–Crippen MR) is 131 cm³/mol. The largest absolute Gasteiger partial charge is 0.514 e. The molecule has 12 heteroatoms. The zero-order valence-electron chi connectivity index (χ0n) is 22.2. The number of ether oxygens (including phenoxy) is 6. The van der Waals surface area contributed by atoms with E-state index in [1.165, 1.54) is 18.2 Å². The predicted octanol–water partition coefficient (Wildman–Crippen LogP) is 4.62. The normalized spacial score (nSPS) is 14.2. The quantitative estimate of drug-likeness (QED) is 0.220. The van der Waals surface area contributed by atoms with Crippen LogP contribution in [0.3, 0.4) is 0 Å². The van der Waals surface area contributed by atoms with Crippen LogP contribution >= 0.6 is 0 Å². The van der Waals surface area contributed by atoms with Crippen molar-refractivity contribution in [3.8, 4) is 11.5 Å². The molecule has 0 radical (unpaired) electrons. The summed E-state index contributed by atoms with van der Waals surface area (Å²) in [6.45, 7) is 11.5. The van der Waals surface area contributed by atoms with E-state index in [-0.39, 0.29) is 24.2 Å². The maximum Gasteiger partial charge on any atom is 0.514 e. The Morgan fingerprint density at radius 2 is 1.38 bits per heavy atom. The summed E-state index contributed by atoms with van der Waals surface area (Å²) < 4.78 is 30.6. The lowest BCUT2D eigenvalue weighted by molar-refractivity contribution is -0.139. The Morgan fingerprint density at radius 3 is 1.86 bits per heavy atom. The number of carbonyl (C=O) groups is 4. The third-order valence-electron chi connectivity index (χ3n) is 5.02. The molecule has 12 nitrogen and oxygen atoms in total. The highest BCUT2D eigenvalue weighted by Gasteiger charge is 2.33. The highest BCUT2D eigenvalue weighted by molar-refractivity contribution is 5.75. The number of carbonyl (C=O) groups excluding carboxylic acids is 3. The van der Waals surface area contributed by atoms with Crippen molar-refractivity contribution in [3.63, 3.8) is 0 Å². The van der Waals surface area contributed by atoms with Crippen molar-refractivity contribution in [1.82, 2.24) is 0 Å². The molecule has 0 amide bonds. The second-order valence-corrected chi connectivity index (χ2v) is 9.01. The van der Waals surface area contributed by atoms with Gasteiger partial charge in [0, 0.05) is 5.92 Å². The second kappa shape index (κ2) is 14.9. The summed E-state index contributed by atoms with van der Waals surface area (Å²) in [7, 11) is 0. The lowest BCUT2D eigenvalue weighted by atomic mass is 9.82. The fraction of sp³-hybridized carbons (Fsp3) is 0.600. The number of benzene rings is 1. The molecular formula is C25H37NO11. The summed E-state index contributed by atoms with van der Waals surface area (Å²) in [4.78, 5) is 48.0. The summed E-state index contributed by atoms with van der Waals surface area (Å²) in [5.41, 5.74) is 6.30. The van der Waals surface area contributed by atoms with Gasteiger partial charge in [0.15, 0.2) is 11.5 Å². The summed E-state index contributed by atoms with van der Waals surface area (Å²) in [5.74, 6) is -3.21. The van der Waals surface area contributed by atoms with Crippen molar-refractivity contribution in [3.05, 3.63) is 23.8 Å². The minimum Gasteiger partial charge on any atom is -0.480 e. The van der Waals surface area contributed by atoms with E-state index in [0.717, 1.165) is 0 Å². The summed E-state index contributed by atoms with van der Waals surface area (Å²) >= 11 is 0. The number of aliphatic carboxylic acids is 1. The Bertz CT molecular complexity index is 931. The topological polar surface area (TPSA) is 170 Å². The number of carboxylic acid groups (broad SMARTS) is 1. The number of hydrogen-bond donors (Lipinski definition) is 2. The van der Waals surface area contributed by atoms with Crippen LogP contribution in [-0.2, 0) is 23.7 Å². The van der Waals surface area contributed by atoms with E-state index in [4.69, 9.17) is 34.2 Å². The molecule has 0 aliphatic carbocycles. The Kier molecular flexibility index (Phi) is 12.7. The van der Waals surface area contributed by atoms with Gasteiger partial charge in [0.25, 0.3) is 0 Å². The fourth-order valence-electron chi connectivity index (χ4n) is 3.14. The molecule has 0 spiro atoms. The van der Waals surface area contributed by atoms with Crippen LogP contribution in [-0.4, -0.2) is 60.5 Å². The first-order chi connectivity index (χ1) is 17.2. The van der Waals surface area contributed by atoms with Gasteiger partial charge in [-0.05, 0) is 64.7 Å². The Labute approximate surface area is 216 Å². The molecule has 1 aromatic rings. The van der Waals surface area contributed by atoms with Gasteiger partial charge in [-0.2, -0.15) is 0 Å². The van der Waals surface area contributed by atoms with Crippen molar-refractivity contribution >= 4 is 24.4 Å². The van der Waals surface area contributed by atoms with Gasteiger partial charge >= 0.3 is 24.4 Å². The van der Waals surface area contributed by atoms with Crippen LogP contribution in [0.2, 0.25) is 0 Å². The molecule has 0 aliphatic rings. The molecule has 208 valence electrons. The van der Waals surface area contributed by atoms with Crippen LogP contribution in [0.4, 0.5) is 14.4 Å². The summed E-state index contributed by atoms with van der Waals surface area (Å²) in [6.07, 6.45) is -3.71. The van der Waals surface area contributed by atoms with Crippen molar-refractivity contribution in [2.75, 3.05) is 6.61 Å². The molecule has 3 unspecified atom stereocenters. The van der Waals surface area contributed by atoms with Crippen LogP contribution in [0.1, 0.15) is 66.4 Å². The molecule has 37 heavy (non-hydrogen) atoms. The highest BCUT2D eigenvalue weighted by atomic mass is 16.8. The lowest BCUT2D eigenvalue weighted by Gasteiger charge is -2.28. The summed E-state index contributed by atoms with van der Waals surface area (Å²) in [5, 5.41) is 9.61. The number of nitrogens with two attached hydrogens (primary N) is 1. The lowest BCUT2D eigenvalue weighted by Crippen LogP contribution is -2.40. The maximum absolute atomic E-state index is 12.2. The minimum atomic E-state index is -1.42. The maximum atomic E-state index is 12.2. The molecule has 0 bridgehead atoms. The van der Waals surface area contributed by atoms with Gasteiger partial charge in [-0.15, -0.1) is 0 Å². The second-order valence-electron chi connectivity index (χ2n) is 9.01. The minimum absolute atomic E-state index is 0.168. The highest BCUT2D eigenvalue weighted by Crippen LogP contribution is 2.36. The Morgan fingerprint density at radius 1 is 0.838 bits per heavy atom. The molecule has 1 aromatic carbocycles. The first-order valence-corrected chi connectivity index (χ1v) is 12.0. The van der Waals surface area contributed by atoms with Crippen molar-refractivity contribution in [2.24, 2.45) is 11.7 Å². The van der Waals surface area contributed by atoms with Gasteiger partial charge < -0.3 is 39.3 Å². The Balaban J connectivity index is 3.32. The van der Waals surface area contributed by atoms with E-state index in [9.17, 15) is 24.3 Å². The van der Waals surface area contributed by atoms with E-state index >= 15 is 0 Å². The smallest absolute Gasteiger partial charge is 0.480 e. The average molecular weight is 528 g/mol. The van der Waals surface area contributed by atoms with E-state index in [0.29, 0.717) is 12.0 Å². The van der Waals surface area contributed by atoms with Crippen LogP contribution in [0, 0.1) is 5.92 Å². The molecule has 0 aromatic heterocycles. The monoisotopic (exact) mass is 527 g/mol. The van der Waals surface area contributed by atoms with Crippen LogP contribution in [0.5, 0.6) is 11.5 Å². The molecule has 1 rings (SSSR count). The van der Waals surface area contributed by atoms with Crippen molar-refractivity contribution < 1.29 is 52.7 Å². The third-order valence-corrected chi connectivity index (χ3v) is 5.02. The van der Waals surface area contributed by atoms with E-state index in [2.05, 4.69) is 0 Å². The molecular weight excluding hydrogens is 490 g/mol. The van der Waals surface area contributed by atoms with Gasteiger partial charge in [-0.25, -0.2) is 14.4 Å². The van der Waals surface area contributed by atoms with Gasteiger partial charge in [-0.3, -0.25) is 4.79 Å². The fourth-order valence-corrected chi connectivity index (χ4v) is 3.14. The number of hydrogen-bond acceptors (Lipinski definition) is 11. The van der Waals surface area contributed by atoms with Crippen LogP contribution in [0.25, 0.3) is 0 Å². The molecule has 0 heterocycles. The third kappa shape index (κ3) is 10.9. The first kappa shape index (κ1) is 31.5.